The molecule has 1 aromatic rings. The second-order valence-electron chi connectivity index (χ2n) is 4.89. The quantitative estimate of drug-likeness (QED) is 0.854. The van der Waals surface area contributed by atoms with Gasteiger partial charge in [0, 0.05) is 5.54 Å². The van der Waals surface area contributed by atoms with Crippen molar-refractivity contribution < 1.29 is 8.42 Å². The molecule has 18 heavy (non-hydrogen) atoms. The van der Waals surface area contributed by atoms with Crippen molar-refractivity contribution in [2.75, 3.05) is 5.75 Å². The first-order chi connectivity index (χ1) is 8.35. The summed E-state index contributed by atoms with van der Waals surface area (Å²) >= 11 is 0. The van der Waals surface area contributed by atoms with Gasteiger partial charge < -0.3 is 0 Å². The maximum Gasteiger partial charge on any atom is 0.225 e. The molecule has 0 aliphatic carbocycles. The first-order valence-corrected chi connectivity index (χ1v) is 7.42. The molecule has 0 aromatic heterocycles. The predicted molar refractivity (Wildman–Crippen MR) is 71.4 cm³/mol. The maximum atomic E-state index is 11.5. The molecular formula is C13H18N2O2S. The summed E-state index contributed by atoms with van der Waals surface area (Å²) < 4.78 is 25.6. The summed E-state index contributed by atoms with van der Waals surface area (Å²) in [6.07, 6.45) is 1.48. The number of sulfonamides is 1. The lowest BCUT2D eigenvalue weighted by Crippen LogP contribution is -2.44. The minimum Gasteiger partial charge on any atom is -0.211 e. The van der Waals surface area contributed by atoms with E-state index in [1.807, 2.05) is 44.2 Å². The van der Waals surface area contributed by atoms with Gasteiger partial charge in [0.05, 0.1) is 6.07 Å². The van der Waals surface area contributed by atoms with Crippen LogP contribution >= 0.6 is 0 Å². The molecule has 1 rings (SSSR count). The van der Waals surface area contributed by atoms with Gasteiger partial charge in [-0.25, -0.2) is 13.1 Å². The highest BCUT2D eigenvalue weighted by atomic mass is 32.2. The van der Waals surface area contributed by atoms with Gasteiger partial charge in [-0.2, -0.15) is 5.26 Å². The van der Waals surface area contributed by atoms with Crippen LogP contribution in [0.3, 0.4) is 0 Å². The molecule has 98 valence electrons. The topological polar surface area (TPSA) is 70.0 Å². The fourth-order valence-electron chi connectivity index (χ4n) is 1.69. The van der Waals surface area contributed by atoms with E-state index in [2.05, 4.69) is 4.72 Å². The highest BCUT2D eigenvalue weighted by molar-refractivity contribution is 7.89. The van der Waals surface area contributed by atoms with Crippen molar-refractivity contribution in [3.63, 3.8) is 0 Å². The highest BCUT2D eigenvalue weighted by Crippen LogP contribution is 2.14. The number of rotatable bonds is 6. The maximum absolute atomic E-state index is 11.5. The monoisotopic (exact) mass is 266 g/mol. The second-order valence-corrected chi connectivity index (χ2v) is 6.61. The fraction of sp³-hybridized carbons (Fsp3) is 0.462. The molecule has 0 amide bonds. The first-order valence-electron chi connectivity index (χ1n) is 5.77. The van der Waals surface area contributed by atoms with E-state index in [1.165, 1.54) is 5.56 Å². The first kappa shape index (κ1) is 14.7. The van der Waals surface area contributed by atoms with E-state index >= 15 is 0 Å². The van der Waals surface area contributed by atoms with Gasteiger partial charge in [0.25, 0.3) is 0 Å². The van der Waals surface area contributed by atoms with E-state index in [1.54, 1.807) is 6.07 Å². The minimum absolute atomic E-state index is 0.498. The SMILES string of the molecule is CC(C)(CCc1ccccc1)NS(=O)(=O)CC#N. The zero-order valence-electron chi connectivity index (χ0n) is 10.7. The van der Waals surface area contributed by atoms with Crippen LogP contribution in [-0.2, 0) is 16.4 Å². The molecular weight excluding hydrogens is 248 g/mol. The van der Waals surface area contributed by atoms with Gasteiger partial charge >= 0.3 is 0 Å². The van der Waals surface area contributed by atoms with Crippen LogP contribution < -0.4 is 4.72 Å². The Kier molecular flexibility index (Phi) is 4.88. The Labute approximate surface area is 109 Å². The van der Waals surface area contributed by atoms with E-state index in [4.69, 9.17) is 5.26 Å². The van der Waals surface area contributed by atoms with E-state index in [0.717, 1.165) is 6.42 Å². The Hall–Kier alpha value is -1.38. The molecule has 0 unspecified atom stereocenters. The third-order valence-corrected chi connectivity index (χ3v) is 3.94. The standard InChI is InChI=1S/C13H18N2O2S/c1-13(2,15-18(16,17)11-10-14)9-8-12-6-4-3-5-7-12/h3-7,15H,8-9,11H2,1-2H3. The summed E-state index contributed by atoms with van der Waals surface area (Å²) in [5.41, 5.74) is 0.621. The molecule has 0 heterocycles. The van der Waals surface area contributed by atoms with Gasteiger partial charge in [0.2, 0.25) is 10.0 Å². The Morgan fingerprint density at radius 3 is 2.44 bits per heavy atom. The van der Waals surface area contributed by atoms with Gasteiger partial charge in [-0.3, -0.25) is 0 Å². The number of nitriles is 1. The van der Waals surface area contributed by atoms with Crippen molar-refractivity contribution >= 4 is 10.0 Å². The Balaban J connectivity index is 2.58. The van der Waals surface area contributed by atoms with E-state index in [9.17, 15) is 8.42 Å². The summed E-state index contributed by atoms with van der Waals surface area (Å²) in [7, 11) is -3.50. The summed E-state index contributed by atoms with van der Waals surface area (Å²) in [6.45, 7) is 3.65. The Bertz CT molecular complexity index is 516. The number of benzene rings is 1. The van der Waals surface area contributed by atoms with Crippen molar-refractivity contribution in [2.45, 2.75) is 32.2 Å². The second kappa shape index (κ2) is 5.98. The lowest BCUT2D eigenvalue weighted by atomic mass is 9.97. The van der Waals surface area contributed by atoms with E-state index in [-0.39, 0.29) is 0 Å². The molecule has 5 heteroatoms. The zero-order valence-corrected chi connectivity index (χ0v) is 11.5. The van der Waals surface area contributed by atoms with Gasteiger partial charge in [-0.05, 0) is 32.3 Å². The van der Waals surface area contributed by atoms with Gasteiger partial charge in [0.15, 0.2) is 5.75 Å². The molecule has 0 atom stereocenters. The number of hydrogen-bond donors (Lipinski definition) is 1. The molecule has 0 spiro atoms. The minimum atomic E-state index is -3.50. The molecule has 0 bridgehead atoms. The van der Waals surface area contributed by atoms with Crippen LogP contribution in [0.1, 0.15) is 25.8 Å². The van der Waals surface area contributed by atoms with Crippen molar-refractivity contribution in [3.05, 3.63) is 35.9 Å². The van der Waals surface area contributed by atoms with Gasteiger partial charge in [0.1, 0.15) is 0 Å². The predicted octanol–water partition coefficient (Wildman–Crippen LogP) is 1.84. The van der Waals surface area contributed by atoms with Crippen molar-refractivity contribution in [3.8, 4) is 6.07 Å². The molecule has 0 aliphatic heterocycles. The van der Waals surface area contributed by atoms with Crippen LogP contribution in [0.25, 0.3) is 0 Å². The van der Waals surface area contributed by atoms with Crippen molar-refractivity contribution in [1.82, 2.24) is 4.72 Å². The Morgan fingerprint density at radius 1 is 1.28 bits per heavy atom. The molecule has 0 saturated carbocycles. The fourth-order valence-corrected chi connectivity index (χ4v) is 2.88. The lowest BCUT2D eigenvalue weighted by Gasteiger charge is -2.25. The van der Waals surface area contributed by atoms with E-state index in [0.29, 0.717) is 6.42 Å². The van der Waals surface area contributed by atoms with Crippen LogP contribution in [0.4, 0.5) is 0 Å². The number of hydrogen-bond acceptors (Lipinski definition) is 3. The summed E-state index contributed by atoms with van der Waals surface area (Å²) in [5, 5.41) is 8.44. The molecule has 4 nitrogen and oxygen atoms in total. The number of nitrogens with one attached hydrogen (secondary N) is 1. The molecule has 0 fully saturated rings. The van der Waals surface area contributed by atoms with Crippen LogP contribution in [0.2, 0.25) is 0 Å². The smallest absolute Gasteiger partial charge is 0.211 e. The van der Waals surface area contributed by atoms with Crippen LogP contribution in [-0.4, -0.2) is 19.7 Å². The zero-order chi connectivity index (χ0) is 13.6. The Morgan fingerprint density at radius 2 is 1.89 bits per heavy atom. The average molecular weight is 266 g/mol. The normalized spacial score (nSPS) is 12.1. The van der Waals surface area contributed by atoms with Gasteiger partial charge in [-0.1, -0.05) is 30.3 Å². The third-order valence-electron chi connectivity index (χ3n) is 2.57. The largest absolute Gasteiger partial charge is 0.225 e. The molecule has 0 radical (unpaired) electrons. The summed E-state index contributed by atoms with van der Waals surface area (Å²) in [5.74, 6) is -0.498. The number of nitrogens with zero attached hydrogens (tertiary/aromatic N) is 1. The highest BCUT2D eigenvalue weighted by Gasteiger charge is 2.24. The molecule has 0 aliphatic rings. The van der Waals surface area contributed by atoms with Crippen LogP contribution in [0.15, 0.2) is 30.3 Å². The molecule has 1 aromatic carbocycles. The third kappa shape index (κ3) is 5.30. The van der Waals surface area contributed by atoms with Crippen molar-refractivity contribution in [1.29, 1.82) is 5.26 Å². The molecule has 1 N–H and O–H groups in total. The van der Waals surface area contributed by atoms with Crippen molar-refractivity contribution in [2.24, 2.45) is 0 Å². The number of aryl methyl sites for hydroxylation is 1. The average Bonchev–Trinajstić information content (AvgIpc) is 2.26. The lowest BCUT2D eigenvalue weighted by molar-refractivity contribution is 0.423. The summed E-state index contributed by atoms with van der Waals surface area (Å²) in [6, 6.07) is 11.6. The molecule has 0 saturated heterocycles. The summed E-state index contributed by atoms with van der Waals surface area (Å²) in [4.78, 5) is 0. The van der Waals surface area contributed by atoms with E-state index < -0.39 is 21.3 Å². The van der Waals surface area contributed by atoms with Gasteiger partial charge in [-0.15, -0.1) is 0 Å². The van der Waals surface area contributed by atoms with Crippen LogP contribution in [0.5, 0.6) is 0 Å². The van der Waals surface area contributed by atoms with Crippen LogP contribution in [0, 0.1) is 11.3 Å².